The quantitative estimate of drug-likeness (QED) is 0.790. The van der Waals surface area contributed by atoms with Gasteiger partial charge in [0, 0.05) is 19.5 Å². The van der Waals surface area contributed by atoms with Crippen LogP contribution in [0.15, 0.2) is 17.0 Å². The van der Waals surface area contributed by atoms with E-state index in [1.165, 1.54) is 0 Å². The molecular weight excluding hydrogens is 236 g/mol. The second-order valence-electron chi connectivity index (χ2n) is 2.46. The average Bonchev–Trinajstić information content (AvgIpc) is 2.51. The van der Waals surface area contributed by atoms with Crippen molar-refractivity contribution in [3.8, 4) is 0 Å². The third kappa shape index (κ3) is 1.42. The van der Waals surface area contributed by atoms with E-state index in [0.717, 1.165) is 5.82 Å². The van der Waals surface area contributed by atoms with E-state index in [4.69, 9.17) is 4.74 Å². The highest BCUT2D eigenvalue weighted by molar-refractivity contribution is 9.10. The number of aromatic nitrogens is 4. The molecule has 0 unspecified atom stereocenters. The first-order valence-electron chi connectivity index (χ1n) is 3.66. The molecule has 2 rings (SSSR count). The Kier molecular flexibility index (Phi) is 2.24. The van der Waals surface area contributed by atoms with E-state index < -0.39 is 0 Å². The Balaban J connectivity index is 2.61. The SMILES string of the molecule is COCc1nnc2c(Br)nccn12. The number of hydrogen-bond acceptors (Lipinski definition) is 4. The van der Waals surface area contributed by atoms with Gasteiger partial charge >= 0.3 is 0 Å². The summed E-state index contributed by atoms with van der Waals surface area (Å²) < 4.78 is 7.49. The van der Waals surface area contributed by atoms with Crippen molar-refractivity contribution in [2.75, 3.05) is 7.11 Å². The summed E-state index contributed by atoms with van der Waals surface area (Å²) in [4.78, 5) is 4.03. The average molecular weight is 243 g/mol. The van der Waals surface area contributed by atoms with Crippen LogP contribution in [0.25, 0.3) is 5.65 Å². The minimum absolute atomic E-state index is 0.442. The van der Waals surface area contributed by atoms with E-state index in [0.29, 0.717) is 16.9 Å². The van der Waals surface area contributed by atoms with Crippen LogP contribution in [0.4, 0.5) is 0 Å². The fourth-order valence-electron chi connectivity index (χ4n) is 1.07. The lowest BCUT2D eigenvalue weighted by molar-refractivity contribution is 0.177. The van der Waals surface area contributed by atoms with Crippen LogP contribution in [0, 0.1) is 0 Å². The predicted molar refractivity (Wildman–Crippen MR) is 49.2 cm³/mol. The smallest absolute Gasteiger partial charge is 0.194 e. The molecule has 2 aromatic heterocycles. The summed E-state index contributed by atoms with van der Waals surface area (Å²) in [6.07, 6.45) is 3.48. The van der Waals surface area contributed by atoms with Gasteiger partial charge in [0.2, 0.25) is 0 Å². The minimum Gasteiger partial charge on any atom is -0.377 e. The molecule has 0 fully saturated rings. The molecule has 2 aromatic rings. The van der Waals surface area contributed by atoms with Crippen molar-refractivity contribution in [3.05, 3.63) is 22.8 Å². The van der Waals surface area contributed by atoms with Gasteiger partial charge in [-0.3, -0.25) is 4.40 Å². The molecule has 5 nitrogen and oxygen atoms in total. The molecule has 0 aliphatic carbocycles. The predicted octanol–water partition coefficient (Wildman–Crippen LogP) is 1.03. The Hall–Kier alpha value is -1.01. The number of fused-ring (bicyclic) bond motifs is 1. The summed E-state index contributed by atoms with van der Waals surface area (Å²) >= 11 is 3.29. The van der Waals surface area contributed by atoms with Crippen LogP contribution in [0.1, 0.15) is 5.82 Å². The highest BCUT2D eigenvalue weighted by Crippen LogP contribution is 2.13. The first-order chi connectivity index (χ1) is 6.33. The maximum Gasteiger partial charge on any atom is 0.194 e. The van der Waals surface area contributed by atoms with E-state index in [2.05, 4.69) is 31.1 Å². The Morgan fingerprint density at radius 3 is 3.15 bits per heavy atom. The van der Waals surface area contributed by atoms with Crippen molar-refractivity contribution in [2.24, 2.45) is 0 Å². The van der Waals surface area contributed by atoms with Crippen LogP contribution in [0.5, 0.6) is 0 Å². The van der Waals surface area contributed by atoms with Gasteiger partial charge in [0.05, 0.1) is 0 Å². The fourth-order valence-corrected chi connectivity index (χ4v) is 1.46. The third-order valence-corrected chi connectivity index (χ3v) is 2.19. The molecule has 0 saturated carbocycles. The Morgan fingerprint density at radius 2 is 2.38 bits per heavy atom. The van der Waals surface area contributed by atoms with Gasteiger partial charge in [-0.1, -0.05) is 0 Å². The first-order valence-corrected chi connectivity index (χ1v) is 4.45. The zero-order valence-corrected chi connectivity index (χ0v) is 8.52. The zero-order valence-electron chi connectivity index (χ0n) is 6.94. The van der Waals surface area contributed by atoms with E-state index in [9.17, 15) is 0 Å². The molecule has 0 spiro atoms. The molecule has 0 saturated heterocycles. The lowest BCUT2D eigenvalue weighted by atomic mass is 10.6. The van der Waals surface area contributed by atoms with Crippen molar-refractivity contribution in [1.29, 1.82) is 0 Å². The van der Waals surface area contributed by atoms with Crippen LogP contribution in [0.3, 0.4) is 0 Å². The van der Waals surface area contributed by atoms with Crippen LogP contribution in [-0.4, -0.2) is 26.7 Å². The molecule has 0 amide bonds. The summed E-state index contributed by atoms with van der Waals surface area (Å²) in [5, 5.41) is 7.92. The number of ether oxygens (including phenoxy) is 1. The van der Waals surface area contributed by atoms with Crippen molar-refractivity contribution < 1.29 is 4.74 Å². The molecular formula is C7H7BrN4O. The fraction of sp³-hybridized carbons (Fsp3) is 0.286. The minimum atomic E-state index is 0.442. The van der Waals surface area contributed by atoms with Crippen molar-refractivity contribution in [1.82, 2.24) is 19.6 Å². The third-order valence-electron chi connectivity index (χ3n) is 1.63. The number of halogens is 1. The molecule has 0 bridgehead atoms. The Labute approximate surface area is 82.9 Å². The van der Waals surface area contributed by atoms with E-state index in [1.807, 2.05) is 4.40 Å². The molecule has 6 heteroatoms. The van der Waals surface area contributed by atoms with Gasteiger partial charge in [-0.25, -0.2) is 4.98 Å². The van der Waals surface area contributed by atoms with Crippen molar-refractivity contribution in [2.45, 2.75) is 6.61 Å². The van der Waals surface area contributed by atoms with Crippen LogP contribution in [-0.2, 0) is 11.3 Å². The summed E-state index contributed by atoms with van der Waals surface area (Å²) in [6, 6.07) is 0. The zero-order chi connectivity index (χ0) is 9.26. The molecule has 2 heterocycles. The van der Waals surface area contributed by atoms with Crippen LogP contribution >= 0.6 is 15.9 Å². The largest absolute Gasteiger partial charge is 0.377 e. The van der Waals surface area contributed by atoms with Gasteiger partial charge in [-0.2, -0.15) is 0 Å². The number of rotatable bonds is 2. The molecule has 0 atom stereocenters. The van der Waals surface area contributed by atoms with Gasteiger partial charge < -0.3 is 4.74 Å². The number of methoxy groups -OCH3 is 1. The van der Waals surface area contributed by atoms with Crippen LogP contribution < -0.4 is 0 Å². The van der Waals surface area contributed by atoms with Crippen molar-refractivity contribution in [3.63, 3.8) is 0 Å². The van der Waals surface area contributed by atoms with Gasteiger partial charge in [0.15, 0.2) is 16.1 Å². The number of nitrogens with zero attached hydrogens (tertiary/aromatic N) is 4. The summed E-state index contributed by atoms with van der Waals surface area (Å²) in [7, 11) is 1.62. The summed E-state index contributed by atoms with van der Waals surface area (Å²) in [6.45, 7) is 0.442. The van der Waals surface area contributed by atoms with Crippen molar-refractivity contribution >= 4 is 21.6 Å². The second kappa shape index (κ2) is 3.39. The first kappa shape index (κ1) is 8.58. The highest BCUT2D eigenvalue weighted by atomic mass is 79.9. The molecule has 0 aliphatic heterocycles. The van der Waals surface area contributed by atoms with Crippen LogP contribution in [0.2, 0.25) is 0 Å². The van der Waals surface area contributed by atoms with E-state index in [1.54, 1.807) is 19.5 Å². The normalized spacial score (nSPS) is 10.9. The lowest BCUT2D eigenvalue weighted by Gasteiger charge is -1.97. The maximum absolute atomic E-state index is 4.98. The van der Waals surface area contributed by atoms with Gasteiger partial charge in [0.25, 0.3) is 0 Å². The molecule has 0 radical (unpaired) electrons. The van der Waals surface area contributed by atoms with E-state index >= 15 is 0 Å². The molecule has 0 aliphatic rings. The Bertz CT molecular complexity index is 427. The molecule has 0 N–H and O–H groups in total. The van der Waals surface area contributed by atoms with E-state index in [-0.39, 0.29) is 0 Å². The Morgan fingerprint density at radius 1 is 1.54 bits per heavy atom. The second-order valence-corrected chi connectivity index (χ2v) is 3.21. The topological polar surface area (TPSA) is 52.3 Å². The monoisotopic (exact) mass is 242 g/mol. The maximum atomic E-state index is 4.98. The standard InChI is InChI=1S/C7H7BrN4O/c1-13-4-5-10-11-7-6(8)9-2-3-12(5)7/h2-3H,4H2,1H3. The summed E-state index contributed by atoms with van der Waals surface area (Å²) in [5.74, 6) is 0.764. The van der Waals surface area contributed by atoms with Gasteiger partial charge in [-0.05, 0) is 15.9 Å². The lowest BCUT2D eigenvalue weighted by Crippen LogP contribution is -1.96. The number of hydrogen-bond donors (Lipinski definition) is 0. The van der Waals surface area contributed by atoms with Gasteiger partial charge in [-0.15, -0.1) is 10.2 Å². The summed E-state index contributed by atoms with van der Waals surface area (Å²) in [5.41, 5.74) is 0.703. The molecule has 0 aromatic carbocycles. The highest BCUT2D eigenvalue weighted by Gasteiger charge is 2.07. The van der Waals surface area contributed by atoms with Gasteiger partial charge in [0.1, 0.15) is 6.61 Å². The molecule has 68 valence electrons. The molecule has 13 heavy (non-hydrogen) atoms.